The largest absolute Gasteiger partial charge is 0.382 e. The first-order chi connectivity index (χ1) is 19.5. The molecule has 0 bridgehead atoms. The van der Waals surface area contributed by atoms with Crippen LogP contribution in [-0.2, 0) is 46.4 Å². The summed E-state index contributed by atoms with van der Waals surface area (Å²) in [4.78, 5) is 33.2. The number of aromatic nitrogens is 3. The molecule has 40 heavy (non-hydrogen) atoms. The van der Waals surface area contributed by atoms with Crippen LogP contribution in [0.5, 0.6) is 0 Å². The number of amides is 2. The van der Waals surface area contributed by atoms with Gasteiger partial charge in [0.25, 0.3) is 0 Å². The molecule has 1 aromatic carbocycles. The van der Waals surface area contributed by atoms with Gasteiger partial charge < -0.3 is 50.4 Å². The molecule has 0 aliphatic carbocycles. The molecule has 0 aliphatic heterocycles. The molecule has 3 aromatic rings. The molecule has 3 rings (SSSR count). The highest BCUT2D eigenvalue weighted by Gasteiger charge is 2.17. The standard InChI is InChI=1S/C26H39N7O7/c1-2-36-14-21-32-24-25(19-6-3-4-7-20(19)31-26(24)28)33(21)11-5-9-29-22(34)15-39-16-23(35)30-10-13-38-18-40-17-37-12-8-27/h3-4,6-7H,2,5,8-18,27H2,1H3,(H2,28,31)(H,29,34)(H,30,35). The second-order valence-corrected chi connectivity index (χ2v) is 8.62. The summed E-state index contributed by atoms with van der Waals surface area (Å²) < 4.78 is 28.2. The van der Waals surface area contributed by atoms with Crippen LogP contribution in [0.3, 0.4) is 0 Å². The van der Waals surface area contributed by atoms with Gasteiger partial charge in [-0.25, -0.2) is 9.97 Å². The predicted octanol–water partition coefficient (Wildman–Crippen LogP) is 0.266. The zero-order valence-corrected chi connectivity index (χ0v) is 22.9. The van der Waals surface area contributed by atoms with Crippen molar-refractivity contribution in [3.8, 4) is 0 Å². The van der Waals surface area contributed by atoms with Crippen molar-refractivity contribution in [3.05, 3.63) is 30.1 Å². The Morgan fingerprint density at radius 1 is 0.925 bits per heavy atom. The van der Waals surface area contributed by atoms with Crippen molar-refractivity contribution in [1.29, 1.82) is 0 Å². The molecule has 0 fully saturated rings. The predicted molar refractivity (Wildman–Crippen MR) is 148 cm³/mol. The van der Waals surface area contributed by atoms with Crippen molar-refractivity contribution < 1.29 is 33.3 Å². The highest BCUT2D eigenvalue weighted by molar-refractivity contribution is 6.06. The maximum absolute atomic E-state index is 12.2. The zero-order chi connectivity index (χ0) is 28.6. The maximum atomic E-state index is 12.2. The molecular weight excluding hydrogens is 522 g/mol. The first kappa shape index (κ1) is 31.1. The average molecular weight is 562 g/mol. The Bertz CT molecular complexity index is 1220. The van der Waals surface area contributed by atoms with Crippen LogP contribution in [0.1, 0.15) is 19.2 Å². The number of imidazole rings is 1. The molecule has 14 nitrogen and oxygen atoms in total. The number of ether oxygens (including phenoxy) is 5. The van der Waals surface area contributed by atoms with Crippen LogP contribution in [0.25, 0.3) is 21.9 Å². The van der Waals surface area contributed by atoms with E-state index in [0.717, 1.165) is 22.2 Å². The van der Waals surface area contributed by atoms with E-state index in [1.165, 1.54) is 0 Å². The molecule has 2 amide bonds. The van der Waals surface area contributed by atoms with Gasteiger partial charge in [0, 0.05) is 38.2 Å². The SMILES string of the molecule is CCOCc1nc2c(N)nc3ccccc3c2n1CCCNC(=O)COCC(=O)NCCOCOCOCCN. The third-order valence-corrected chi connectivity index (χ3v) is 5.64. The second kappa shape index (κ2) is 17.3. The van der Waals surface area contributed by atoms with Crippen LogP contribution in [0.2, 0.25) is 0 Å². The molecule has 0 saturated heterocycles. The summed E-state index contributed by atoms with van der Waals surface area (Å²) in [5.41, 5.74) is 13.8. The lowest BCUT2D eigenvalue weighted by molar-refractivity contribution is -0.134. The van der Waals surface area contributed by atoms with Crippen LogP contribution in [-0.4, -0.2) is 92.6 Å². The van der Waals surface area contributed by atoms with Gasteiger partial charge in [0.15, 0.2) is 5.82 Å². The van der Waals surface area contributed by atoms with E-state index in [9.17, 15) is 9.59 Å². The van der Waals surface area contributed by atoms with Gasteiger partial charge in [-0.05, 0) is 19.4 Å². The first-order valence-corrected chi connectivity index (χ1v) is 13.2. The Labute approximate surface area is 232 Å². The van der Waals surface area contributed by atoms with Crippen LogP contribution < -0.4 is 22.1 Å². The maximum Gasteiger partial charge on any atom is 0.246 e. The smallest absolute Gasteiger partial charge is 0.246 e. The Kier molecular flexibility index (Phi) is 13.5. The Morgan fingerprint density at radius 3 is 2.40 bits per heavy atom. The summed E-state index contributed by atoms with van der Waals surface area (Å²) >= 11 is 0. The number of rotatable bonds is 20. The number of hydrogen-bond acceptors (Lipinski definition) is 11. The van der Waals surface area contributed by atoms with Crippen molar-refractivity contribution in [2.45, 2.75) is 26.5 Å². The molecule has 0 radical (unpaired) electrons. The van der Waals surface area contributed by atoms with E-state index in [1.54, 1.807) is 0 Å². The molecule has 0 aliphatic rings. The fourth-order valence-corrected chi connectivity index (χ4v) is 3.87. The van der Waals surface area contributed by atoms with Gasteiger partial charge in [0.05, 0.1) is 24.2 Å². The average Bonchev–Trinajstić information content (AvgIpc) is 3.32. The fraction of sp³-hybridized carbons (Fsp3) is 0.538. The summed E-state index contributed by atoms with van der Waals surface area (Å²) in [5.74, 6) is 0.453. The molecular formula is C26H39N7O7. The third-order valence-electron chi connectivity index (χ3n) is 5.64. The quantitative estimate of drug-likeness (QED) is 0.109. The van der Waals surface area contributed by atoms with Crippen molar-refractivity contribution >= 4 is 39.6 Å². The van der Waals surface area contributed by atoms with E-state index in [1.807, 2.05) is 31.2 Å². The molecule has 14 heteroatoms. The summed E-state index contributed by atoms with van der Waals surface area (Å²) in [6, 6.07) is 7.77. The van der Waals surface area contributed by atoms with Crippen LogP contribution in [0.4, 0.5) is 5.82 Å². The number of nitrogens with zero attached hydrogens (tertiary/aromatic N) is 3. The zero-order valence-electron chi connectivity index (χ0n) is 22.9. The molecule has 0 saturated carbocycles. The molecule has 0 spiro atoms. The number of pyridine rings is 1. The number of benzene rings is 1. The number of anilines is 1. The van der Waals surface area contributed by atoms with Gasteiger partial charge in [0.2, 0.25) is 11.8 Å². The number of carbonyl (C=O) groups is 2. The van der Waals surface area contributed by atoms with Crippen molar-refractivity contribution in [2.75, 3.05) is 72.0 Å². The van der Waals surface area contributed by atoms with Crippen molar-refractivity contribution in [3.63, 3.8) is 0 Å². The number of para-hydroxylation sites is 1. The number of nitrogens with one attached hydrogen (secondary N) is 2. The molecule has 6 N–H and O–H groups in total. The Balaban J connectivity index is 1.37. The van der Waals surface area contributed by atoms with Crippen LogP contribution in [0.15, 0.2) is 24.3 Å². The van der Waals surface area contributed by atoms with E-state index in [2.05, 4.69) is 20.2 Å². The summed E-state index contributed by atoms with van der Waals surface area (Å²) in [6.07, 6.45) is 0.635. The van der Waals surface area contributed by atoms with Gasteiger partial charge in [-0.15, -0.1) is 0 Å². The van der Waals surface area contributed by atoms with Crippen LogP contribution in [0, 0.1) is 0 Å². The molecule has 0 atom stereocenters. The van der Waals surface area contributed by atoms with E-state index in [0.29, 0.717) is 57.2 Å². The monoisotopic (exact) mass is 561 g/mol. The third kappa shape index (κ3) is 9.66. The summed E-state index contributed by atoms with van der Waals surface area (Å²) in [7, 11) is 0. The minimum atomic E-state index is -0.349. The van der Waals surface area contributed by atoms with Crippen LogP contribution >= 0.6 is 0 Å². The van der Waals surface area contributed by atoms with E-state index >= 15 is 0 Å². The lowest BCUT2D eigenvalue weighted by Gasteiger charge is -2.12. The normalized spacial score (nSPS) is 11.3. The lowest BCUT2D eigenvalue weighted by atomic mass is 10.2. The van der Waals surface area contributed by atoms with Crippen molar-refractivity contribution in [2.24, 2.45) is 5.73 Å². The van der Waals surface area contributed by atoms with E-state index in [4.69, 9.17) is 40.1 Å². The number of nitrogens with two attached hydrogens (primary N) is 2. The number of nitrogen functional groups attached to an aromatic ring is 1. The summed E-state index contributed by atoms with van der Waals surface area (Å²) in [5, 5.41) is 6.39. The highest BCUT2D eigenvalue weighted by Crippen LogP contribution is 2.29. The first-order valence-electron chi connectivity index (χ1n) is 13.2. The fourth-order valence-electron chi connectivity index (χ4n) is 3.87. The lowest BCUT2D eigenvalue weighted by Crippen LogP contribution is -2.34. The topological polar surface area (TPSA) is 187 Å². The number of carbonyl (C=O) groups excluding carboxylic acids is 2. The van der Waals surface area contributed by atoms with Gasteiger partial charge in [-0.3, -0.25) is 9.59 Å². The highest BCUT2D eigenvalue weighted by atomic mass is 16.7. The Morgan fingerprint density at radius 2 is 1.65 bits per heavy atom. The van der Waals surface area contributed by atoms with Gasteiger partial charge >= 0.3 is 0 Å². The van der Waals surface area contributed by atoms with Crippen molar-refractivity contribution in [1.82, 2.24) is 25.2 Å². The second-order valence-electron chi connectivity index (χ2n) is 8.62. The Hall–Kier alpha value is -3.40. The molecule has 220 valence electrons. The minimum absolute atomic E-state index is 0.0455. The van der Waals surface area contributed by atoms with E-state index in [-0.39, 0.29) is 51.8 Å². The van der Waals surface area contributed by atoms with Gasteiger partial charge in [-0.2, -0.15) is 0 Å². The molecule has 2 aromatic heterocycles. The number of fused-ring (bicyclic) bond motifs is 3. The molecule has 0 unspecified atom stereocenters. The number of aryl methyl sites for hydroxylation is 1. The molecule has 2 heterocycles. The van der Waals surface area contributed by atoms with Gasteiger partial charge in [0.1, 0.15) is 44.7 Å². The van der Waals surface area contributed by atoms with E-state index < -0.39 is 0 Å². The number of hydrogen-bond donors (Lipinski definition) is 4. The minimum Gasteiger partial charge on any atom is -0.382 e. The summed E-state index contributed by atoms with van der Waals surface area (Å²) in [6.45, 7) is 4.89. The van der Waals surface area contributed by atoms with Gasteiger partial charge in [-0.1, -0.05) is 18.2 Å².